The van der Waals surface area contributed by atoms with Crippen LogP contribution in [0.3, 0.4) is 0 Å². The van der Waals surface area contributed by atoms with Gasteiger partial charge in [-0.3, -0.25) is 4.90 Å². The first-order valence-corrected chi connectivity index (χ1v) is 7.50. The van der Waals surface area contributed by atoms with Crippen molar-refractivity contribution in [3.8, 4) is 0 Å². The van der Waals surface area contributed by atoms with Gasteiger partial charge in [0.05, 0.1) is 6.61 Å². The number of carbonyl (C=O) groups excluding carboxylic acids is 1. The zero-order valence-corrected chi connectivity index (χ0v) is 12.8. The third kappa shape index (κ3) is 4.00. The van der Waals surface area contributed by atoms with Gasteiger partial charge in [0.2, 0.25) is 0 Å². The summed E-state index contributed by atoms with van der Waals surface area (Å²) in [5.41, 5.74) is -0.587. The molecule has 0 unspecified atom stereocenters. The largest absolute Gasteiger partial charge is 0.479 e. The highest BCUT2D eigenvalue weighted by Gasteiger charge is 2.48. The Morgan fingerprint density at radius 1 is 1.22 bits per heavy atom. The van der Waals surface area contributed by atoms with Gasteiger partial charge in [-0.05, 0) is 5.56 Å². The predicted octanol–water partition coefficient (Wildman–Crippen LogP) is 1.25. The summed E-state index contributed by atoms with van der Waals surface area (Å²) in [6.45, 7) is 0.116. The summed E-state index contributed by atoms with van der Waals surface area (Å²) in [7, 11) is 0. The SMILES string of the molecule is O=C(OCc1ccccc1)N(CCO)C1(C(=O)O)CCOCC1. The number of carboxylic acid groups (broad SMARTS) is 1. The van der Waals surface area contributed by atoms with E-state index in [9.17, 15) is 19.8 Å². The zero-order valence-electron chi connectivity index (χ0n) is 12.8. The summed E-state index contributed by atoms with van der Waals surface area (Å²) >= 11 is 0. The fourth-order valence-corrected chi connectivity index (χ4v) is 2.69. The van der Waals surface area contributed by atoms with Crippen LogP contribution in [0.1, 0.15) is 18.4 Å². The van der Waals surface area contributed by atoms with Gasteiger partial charge in [-0.15, -0.1) is 0 Å². The molecule has 1 amide bonds. The Bertz CT molecular complexity index is 527. The predicted molar refractivity (Wildman–Crippen MR) is 80.8 cm³/mol. The van der Waals surface area contributed by atoms with Crippen LogP contribution in [-0.2, 0) is 20.9 Å². The Hall–Kier alpha value is -2.12. The molecule has 1 aromatic rings. The topological polar surface area (TPSA) is 96.3 Å². The zero-order chi connectivity index (χ0) is 16.7. The average molecular weight is 323 g/mol. The quantitative estimate of drug-likeness (QED) is 0.818. The second-order valence-corrected chi connectivity index (χ2v) is 5.36. The lowest BCUT2D eigenvalue weighted by Crippen LogP contribution is -2.60. The van der Waals surface area contributed by atoms with Crippen LogP contribution in [0.4, 0.5) is 4.79 Å². The molecule has 0 spiro atoms. The summed E-state index contributed by atoms with van der Waals surface area (Å²) in [4.78, 5) is 25.3. The monoisotopic (exact) mass is 323 g/mol. The molecule has 1 fully saturated rings. The van der Waals surface area contributed by atoms with E-state index >= 15 is 0 Å². The molecule has 0 aromatic heterocycles. The molecule has 7 heteroatoms. The fraction of sp³-hybridized carbons (Fsp3) is 0.500. The van der Waals surface area contributed by atoms with Crippen LogP contribution in [0.15, 0.2) is 30.3 Å². The number of carboxylic acids is 1. The molecule has 2 N–H and O–H groups in total. The third-order valence-corrected chi connectivity index (χ3v) is 3.98. The van der Waals surface area contributed by atoms with Crippen LogP contribution in [0.5, 0.6) is 0 Å². The van der Waals surface area contributed by atoms with Crippen LogP contribution in [0.25, 0.3) is 0 Å². The molecule has 1 heterocycles. The van der Waals surface area contributed by atoms with Crippen molar-refractivity contribution in [3.05, 3.63) is 35.9 Å². The van der Waals surface area contributed by atoms with Crippen molar-refractivity contribution in [1.82, 2.24) is 4.90 Å². The van der Waals surface area contributed by atoms with Gasteiger partial charge in [0.15, 0.2) is 0 Å². The van der Waals surface area contributed by atoms with E-state index in [0.29, 0.717) is 0 Å². The molecule has 0 aliphatic carbocycles. The van der Waals surface area contributed by atoms with Gasteiger partial charge in [-0.1, -0.05) is 30.3 Å². The number of nitrogens with zero attached hydrogens (tertiary/aromatic N) is 1. The molecular weight excluding hydrogens is 302 g/mol. The highest BCUT2D eigenvalue weighted by atomic mass is 16.6. The summed E-state index contributed by atoms with van der Waals surface area (Å²) in [6.07, 6.45) is -0.405. The van der Waals surface area contributed by atoms with Crippen molar-refractivity contribution < 1.29 is 29.3 Å². The Kier molecular flexibility index (Phi) is 5.95. The second kappa shape index (κ2) is 7.94. The van der Waals surface area contributed by atoms with Crippen LogP contribution >= 0.6 is 0 Å². The van der Waals surface area contributed by atoms with Gasteiger partial charge in [0.1, 0.15) is 12.1 Å². The maximum Gasteiger partial charge on any atom is 0.411 e. The molecule has 126 valence electrons. The minimum atomic E-state index is -1.39. The van der Waals surface area contributed by atoms with Gasteiger partial charge in [0, 0.05) is 32.6 Å². The summed E-state index contributed by atoms with van der Waals surface area (Å²) in [6, 6.07) is 9.12. The van der Waals surface area contributed by atoms with Crippen molar-refractivity contribution in [3.63, 3.8) is 0 Å². The molecule has 0 saturated carbocycles. The van der Waals surface area contributed by atoms with Crippen LogP contribution < -0.4 is 0 Å². The molecule has 1 aliphatic rings. The number of carbonyl (C=O) groups is 2. The number of amides is 1. The smallest absolute Gasteiger partial charge is 0.411 e. The fourth-order valence-electron chi connectivity index (χ4n) is 2.69. The second-order valence-electron chi connectivity index (χ2n) is 5.36. The van der Waals surface area contributed by atoms with Crippen LogP contribution in [0.2, 0.25) is 0 Å². The molecule has 0 bridgehead atoms. The number of hydrogen-bond donors (Lipinski definition) is 2. The lowest BCUT2D eigenvalue weighted by molar-refractivity contribution is -0.157. The van der Waals surface area contributed by atoms with Crippen molar-refractivity contribution in [2.45, 2.75) is 25.0 Å². The first-order valence-electron chi connectivity index (χ1n) is 7.50. The number of aliphatic hydroxyl groups is 1. The molecule has 1 aromatic carbocycles. The third-order valence-electron chi connectivity index (χ3n) is 3.98. The van der Waals surface area contributed by atoms with E-state index in [4.69, 9.17) is 9.47 Å². The summed E-state index contributed by atoms with van der Waals surface area (Å²) < 4.78 is 10.5. The maximum atomic E-state index is 12.4. The Balaban J connectivity index is 2.12. The minimum absolute atomic E-state index is 0.0494. The van der Waals surface area contributed by atoms with Gasteiger partial charge >= 0.3 is 12.1 Å². The van der Waals surface area contributed by atoms with E-state index in [2.05, 4.69) is 0 Å². The number of aliphatic hydroxyl groups excluding tert-OH is 1. The lowest BCUT2D eigenvalue weighted by atomic mass is 9.88. The number of rotatable bonds is 6. The van der Waals surface area contributed by atoms with Gasteiger partial charge < -0.3 is 19.7 Å². The van der Waals surface area contributed by atoms with E-state index in [1.54, 1.807) is 0 Å². The van der Waals surface area contributed by atoms with E-state index in [-0.39, 0.29) is 45.8 Å². The molecule has 2 rings (SSSR count). The minimum Gasteiger partial charge on any atom is -0.479 e. The standard InChI is InChI=1S/C16H21NO6/c18-9-8-17(16(14(19)20)6-10-22-11-7-16)15(21)23-12-13-4-2-1-3-5-13/h1-5,18H,6-12H2,(H,19,20). The number of ether oxygens (including phenoxy) is 2. The van der Waals surface area contributed by atoms with E-state index in [1.807, 2.05) is 30.3 Å². The van der Waals surface area contributed by atoms with Crippen molar-refractivity contribution in [2.24, 2.45) is 0 Å². The molecule has 7 nitrogen and oxygen atoms in total. The molecule has 1 aliphatic heterocycles. The van der Waals surface area contributed by atoms with Gasteiger partial charge in [0.25, 0.3) is 0 Å². The summed E-state index contributed by atoms with van der Waals surface area (Å²) in [5, 5.41) is 18.9. The molecule has 23 heavy (non-hydrogen) atoms. The molecule has 0 radical (unpaired) electrons. The van der Waals surface area contributed by atoms with Crippen molar-refractivity contribution >= 4 is 12.1 Å². The lowest BCUT2D eigenvalue weighted by Gasteiger charge is -2.41. The Morgan fingerprint density at radius 2 is 1.87 bits per heavy atom. The van der Waals surface area contributed by atoms with E-state index < -0.39 is 17.6 Å². The summed E-state index contributed by atoms with van der Waals surface area (Å²) in [5.74, 6) is -1.11. The number of β-amino-alcohol motifs (C(OH)–C–C–N with tert-alkyl or cyclic N) is 1. The van der Waals surface area contributed by atoms with Gasteiger partial charge in [-0.25, -0.2) is 9.59 Å². The average Bonchev–Trinajstić information content (AvgIpc) is 2.59. The Labute approximate surface area is 134 Å². The number of hydrogen-bond acceptors (Lipinski definition) is 5. The highest BCUT2D eigenvalue weighted by molar-refractivity contribution is 5.84. The first kappa shape index (κ1) is 17.2. The van der Waals surface area contributed by atoms with Crippen LogP contribution in [-0.4, -0.2) is 59.1 Å². The van der Waals surface area contributed by atoms with Crippen molar-refractivity contribution in [2.75, 3.05) is 26.4 Å². The Morgan fingerprint density at radius 3 is 2.43 bits per heavy atom. The van der Waals surface area contributed by atoms with Crippen LogP contribution in [0, 0.1) is 0 Å². The molecule has 1 saturated heterocycles. The highest BCUT2D eigenvalue weighted by Crippen LogP contribution is 2.29. The van der Waals surface area contributed by atoms with E-state index in [0.717, 1.165) is 10.5 Å². The van der Waals surface area contributed by atoms with Gasteiger partial charge in [-0.2, -0.15) is 0 Å². The number of benzene rings is 1. The van der Waals surface area contributed by atoms with Crippen molar-refractivity contribution in [1.29, 1.82) is 0 Å². The molecular formula is C16H21NO6. The normalized spacial score (nSPS) is 16.6. The van der Waals surface area contributed by atoms with E-state index in [1.165, 1.54) is 0 Å². The maximum absolute atomic E-state index is 12.4. The first-order chi connectivity index (χ1) is 11.1. The number of aliphatic carboxylic acids is 1. The molecule has 0 atom stereocenters.